The van der Waals surface area contributed by atoms with E-state index >= 15 is 0 Å². The molecular formula is C16H23F2NO. The van der Waals surface area contributed by atoms with E-state index in [1.807, 2.05) is 6.92 Å². The Balaban J connectivity index is 2.15. The standard InChI is InChI=1S/C16H23F2NO/c1-3-19-15(16(2)6-4-5-7-20-16)10-12-8-13(17)11-14(18)9-12/h8-9,11,15,19H,3-7,10H2,1-2H3. The van der Waals surface area contributed by atoms with Crippen LogP contribution in [0.1, 0.15) is 38.7 Å². The van der Waals surface area contributed by atoms with Gasteiger partial charge >= 0.3 is 0 Å². The molecule has 0 aromatic heterocycles. The summed E-state index contributed by atoms with van der Waals surface area (Å²) in [4.78, 5) is 0. The van der Waals surface area contributed by atoms with Gasteiger partial charge in [0, 0.05) is 18.7 Å². The van der Waals surface area contributed by atoms with E-state index in [0.717, 1.165) is 38.5 Å². The highest BCUT2D eigenvalue weighted by atomic mass is 19.1. The average Bonchev–Trinajstić information content (AvgIpc) is 2.38. The Labute approximate surface area is 119 Å². The predicted octanol–water partition coefficient (Wildman–Crippen LogP) is 3.44. The summed E-state index contributed by atoms with van der Waals surface area (Å²) in [5.74, 6) is -1.05. The Morgan fingerprint density at radius 3 is 2.50 bits per heavy atom. The normalized spacial score (nSPS) is 24.6. The van der Waals surface area contributed by atoms with E-state index < -0.39 is 11.6 Å². The molecule has 1 heterocycles. The van der Waals surface area contributed by atoms with Crippen LogP contribution in [0.2, 0.25) is 0 Å². The van der Waals surface area contributed by atoms with Gasteiger partial charge in [-0.3, -0.25) is 0 Å². The molecule has 2 rings (SSSR count). The smallest absolute Gasteiger partial charge is 0.126 e. The van der Waals surface area contributed by atoms with Crippen molar-refractivity contribution in [3.8, 4) is 0 Å². The lowest BCUT2D eigenvalue weighted by atomic mass is 9.84. The fourth-order valence-corrected chi connectivity index (χ4v) is 2.95. The summed E-state index contributed by atoms with van der Waals surface area (Å²) in [6.45, 7) is 5.69. The molecule has 112 valence electrons. The van der Waals surface area contributed by atoms with Crippen LogP contribution in [0.3, 0.4) is 0 Å². The van der Waals surface area contributed by atoms with Gasteiger partial charge < -0.3 is 10.1 Å². The van der Waals surface area contributed by atoms with Gasteiger partial charge in [0.2, 0.25) is 0 Å². The van der Waals surface area contributed by atoms with Gasteiger partial charge in [0.1, 0.15) is 11.6 Å². The van der Waals surface area contributed by atoms with Gasteiger partial charge in [-0.25, -0.2) is 8.78 Å². The maximum Gasteiger partial charge on any atom is 0.126 e. The summed E-state index contributed by atoms with van der Waals surface area (Å²) in [5, 5.41) is 3.41. The number of benzene rings is 1. The van der Waals surface area contributed by atoms with Crippen LogP contribution in [0.15, 0.2) is 18.2 Å². The number of rotatable bonds is 5. The van der Waals surface area contributed by atoms with Crippen molar-refractivity contribution in [3.63, 3.8) is 0 Å². The molecule has 2 atom stereocenters. The fourth-order valence-electron chi connectivity index (χ4n) is 2.95. The van der Waals surface area contributed by atoms with Crippen molar-refractivity contribution < 1.29 is 13.5 Å². The third-order valence-electron chi connectivity index (χ3n) is 4.05. The van der Waals surface area contributed by atoms with Gasteiger partial charge in [0.25, 0.3) is 0 Å². The van der Waals surface area contributed by atoms with Gasteiger partial charge in [0.05, 0.1) is 5.60 Å². The Kier molecular flexibility index (Phi) is 5.11. The minimum Gasteiger partial charge on any atom is -0.374 e. The molecule has 1 aliphatic rings. The Hall–Kier alpha value is -1.00. The summed E-state index contributed by atoms with van der Waals surface area (Å²) in [7, 11) is 0. The quantitative estimate of drug-likeness (QED) is 0.893. The van der Waals surface area contributed by atoms with E-state index in [-0.39, 0.29) is 11.6 Å². The molecule has 1 aliphatic heterocycles. The molecule has 1 aromatic rings. The first-order chi connectivity index (χ1) is 9.53. The zero-order valence-corrected chi connectivity index (χ0v) is 12.2. The van der Waals surface area contributed by atoms with E-state index in [1.165, 1.54) is 12.1 Å². The van der Waals surface area contributed by atoms with E-state index in [1.54, 1.807) is 0 Å². The molecule has 0 aliphatic carbocycles. The Bertz CT molecular complexity index is 424. The van der Waals surface area contributed by atoms with Crippen molar-refractivity contribution in [2.75, 3.05) is 13.2 Å². The summed E-state index contributed by atoms with van der Waals surface area (Å²) >= 11 is 0. The first-order valence-electron chi connectivity index (χ1n) is 7.36. The first-order valence-corrected chi connectivity index (χ1v) is 7.36. The molecule has 0 bridgehead atoms. The molecular weight excluding hydrogens is 260 g/mol. The van der Waals surface area contributed by atoms with Gasteiger partial charge in [-0.05, 0) is 56.8 Å². The average molecular weight is 283 g/mol. The summed E-state index contributed by atoms with van der Waals surface area (Å²) in [6, 6.07) is 3.78. The highest BCUT2D eigenvalue weighted by molar-refractivity contribution is 5.20. The molecule has 1 N–H and O–H groups in total. The molecule has 0 radical (unpaired) electrons. The zero-order valence-electron chi connectivity index (χ0n) is 12.2. The van der Waals surface area contributed by atoms with Crippen LogP contribution >= 0.6 is 0 Å². The van der Waals surface area contributed by atoms with Crippen molar-refractivity contribution in [2.45, 2.75) is 51.2 Å². The summed E-state index contributed by atoms with van der Waals surface area (Å²) in [5.41, 5.74) is 0.403. The van der Waals surface area contributed by atoms with Crippen LogP contribution < -0.4 is 5.32 Å². The molecule has 20 heavy (non-hydrogen) atoms. The summed E-state index contributed by atoms with van der Waals surface area (Å²) in [6.07, 6.45) is 3.76. The third kappa shape index (κ3) is 3.76. The van der Waals surface area contributed by atoms with Crippen molar-refractivity contribution >= 4 is 0 Å². The Morgan fingerprint density at radius 1 is 1.25 bits per heavy atom. The topological polar surface area (TPSA) is 21.3 Å². The highest BCUT2D eigenvalue weighted by Gasteiger charge is 2.36. The van der Waals surface area contributed by atoms with Crippen molar-refractivity contribution in [1.29, 1.82) is 0 Å². The number of hydrogen-bond donors (Lipinski definition) is 1. The second-order valence-corrected chi connectivity index (χ2v) is 5.71. The second-order valence-electron chi connectivity index (χ2n) is 5.71. The zero-order chi connectivity index (χ0) is 14.6. The first kappa shape index (κ1) is 15.4. The molecule has 0 spiro atoms. The molecule has 2 nitrogen and oxygen atoms in total. The van der Waals surface area contributed by atoms with E-state index in [0.29, 0.717) is 12.0 Å². The van der Waals surface area contributed by atoms with Gasteiger partial charge in [0.15, 0.2) is 0 Å². The van der Waals surface area contributed by atoms with Crippen LogP contribution in [0, 0.1) is 11.6 Å². The van der Waals surface area contributed by atoms with Crippen LogP contribution in [-0.4, -0.2) is 24.8 Å². The van der Waals surface area contributed by atoms with E-state index in [9.17, 15) is 8.78 Å². The fraction of sp³-hybridized carbons (Fsp3) is 0.625. The number of nitrogens with one attached hydrogen (secondary N) is 1. The molecule has 0 saturated carbocycles. The summed E-state index contributed by atoms with van der Waals surface area (Å²) < 4.78 is 32.6. The number of hydrogen-bond acceptors (Lipinski definition) is 2. The molecule has 1 saturated heterocycles. The number of likely N-dealkylation sites (N-methyl/N-ethyl adjacent to an activating group) is 1. The predicted molar refractivity (Wildman–Crippen MR) is 75.7 cm³/mol. The Morgan fingerprint density at radius 2 is 1.95 bits per heavy atom. The maximum absolute atomic E-state index is 13.3. The van der Waals surface area contributed by atoms with E-state index in [4.69, 9.17) is 4.74 Å². The van der Waals surface area contributed by atoms with Gasteiger partial charge in [-0.15, -0.1) is 0 Å². The minimum absolute atomic E-state index is 0.0639. The monoisotopic (exact) mass is 283 g/mol. The van der Waals surface area contributed by atoms with Crippen LogP contribution in [0.5, 0.6) is 0 Å². The molecule has 1 fully saturated rings. The lowest BCUT2D eigenvalue weighted by Crippen LogP contribution is -2.53. The van der Waals surface area contributed by atoms with Crippen LogP contribution in [-0.2, 0) is 11.2 Å². The molecule has 4 heteroatoms. The lowest BCUT2D eigenvalue weighted by Gasteiger charge is -2.41. The molecule has 2 unspecified atom stereocenters. The van der Waals surface area contributed by atoms with Crippen LogP contribution in [0.25, 0.3) is 0 Å². The van der Waals surface area contributed by atoms with Crippen molar-refractivity contribution in [1.82, 2.24) is 5.32 Å². The van der Waals surface area contributed by atoms with Gasteiger partial charge in [-0.1, -0.05) is 6.92 Å². The van der Waals surface area contributed by atoms with Gasteiger partial charge in [-0.2, -0.15) is 0 Å². The van der Waals surface area contributed by atoms with Crippen molar-refractivity contribution in [3.05, 3.63) is 35.4 Å². The molecule has 1 aromatic carbocycles. The van der Waals surface area contributed by atoms with Crippen LogP contribution in [0.4, 0.5) is 8.78 Å². The molecule has 0 amide bonds. The SMILES string of the molecule is CCNC(Cc1cc(F)cc(F)c1)C1(C)CCCCO1. The van der Waals surface area contributed by atoms with Crippen molar-refractivity contribution in [2.24, 2.45) is 0 Å². The second kappa shape index (κ2) is 6.64. The number of halogens is 2. The number of ether oxygens (including phenoxy) is 1. The largest absolute Gasteiger partial charge is 0.374 e. The van der Waals surface area contributed by atoms with E-state index in [2.05, 4.69) is 12.2 Å². The maximum atomic E-state index is 13.3. The highest BCUT2D eigenvalue weighted by Crippen LogP contribution is 2.30. The lowest BCUT2D eigenvalue weighted by molar-refractivity contribution is -0.0881. The minimum atomic E-state index is -0.523. The third-order valence-corrected chi connectivity index (χ3v) is 4.05.